The maximum Gasteiger partial charge on any atom is 0.326 e. The Balaban J connectivity index is 2.71. The Kier molecular flexibility index (Phi) is 5.24. The number of ether oxygens (including phenoxy) is 1. The molecule has 0 radical (unpaired) electrons. The van der Waals surface area contributed by atoms with E-state index in [1.807, 2.05) is 0 Å². The van der Waals surface area contributed by atoms with Gasteiger partial charge in [-0.3, -0.25) is 14.3 Å². The van der Waals surface area contributed by atoms with Gasteiger partial charge in [0.05, 0.1) is 18.9 Å². The largest absolute Gasteiger partial charge is 0.480 e. The van der Waals surface area contributed by atoms with E-state index in [1.54, 1.807) is 14.0 Å². The van der Waals surface area contributed by atoms with Gasteiger partial charge in [0.25, 0.3) is 5.91 Å². The summed E-state index contributed by atoms with van der Waals surface area (Å²) in [6, 6.07) is -1.15. The molecule has 0 aliphatic rings. The second kappa shape index (κ2) is 6.69. The second-order valence-electron chi connectivity index (χ2n) is 4.25. The Bertz CT molecular complexity index is 523. The lowest BCUT2D eigenvalue weighted by Crippen LogP contribution is -2.41. The topological polar surface area (TPSA) is 111 Å². The third-order valence-corrected chi connectivity index (χ3v) is 2.95. The predicted molar refractivity (Wildman–Crippen MR) is 68.1 cm³/mol. The molecule has 8 heteroatoms. The summed E-state index contributed by atoms with van der Waals surface area (Å²) in [5.41, 5.74) is 0.927. The summed E-state index contributed by atoms with van der Waals surface area (Å²) >= 11 is 0. The van der Waals surface area contributed by atoms with Crippen LogP contribution in [0.5, 0.6) is 0 Å². The SMILES string of the molecule is COC(=O)CC[C@H](NC(=O)c1cnn(C)c1C)C(=O)O. The lowest BCUT2D eigenvalue weighted by Gasteiger charge is -2.13. The third kappa shape index (κ3) is 3.81. The standard InChI is InChI=1S/C12H17N3O5/c1-7-8(6-13-15(7)2)11(17)14-9(12(18)19)4-5-10(16)20-3/h6,9H,4-5H2,1-3H3,(H,14,17)(H,18,19)/t9-/m0/s1. The van der Waals surface area contributed by atoms with Crippen LogP contribution in [-0.2, 0) is 21.4 Å². The van der Waals surface area contributed by atoms with Gasteiger partial charge in [-0.25, -0.2) is 4.79 Å². The van der Waals surface area contributed by atoms with E-state index in [4.69, 9.17) is 5.11 Å². The first-order chi connectivity index (χ1) is 9.36. The van der Waals surface area contributed by atoms with Crippen molar-refractivity contribution < 1.29 is 24.2 Å². The smallest absolute Gasteiger partial charge is 0.326 e. The van der Waals surface area contributed by atoms with Crippen molar-refractivity contribution in [2.45, 2.75) is 25.8 Å². The van der Waals surface area contributed by atoms with E-state index in [0.717, 1.165) is 0 Å². The van der Waals surface area contributed by atoms with E-state index >= 15 is 0 Å². The third-order valence-electron chi connectivity index (χ3n) is 2.95. The molecule has 0 unspecified atom stereocenters. The number of aliphatic carboxylic acids is 1. The number of carbonyl (C=O) groups excluding carboxylic acids is 2. The summed E-state index contributed by atoms with van der Waals surface area (Å²) in [4.78, 5) is 34.0. The van der Waals surface area contributed by atoms with Crippen LogP contribution in [0.15, 0.2) is 6.20 Å². The number of carbonyl (C=O) groups is 3. The average Bonchev–Trinajstić information content (AvgIpc) is 2.74. The number of aryl methyl sites for hydroxylation is 1. The molecule has 2 N–H and O–H groups in total. The molecular weight excluding hydrogens is 266 g/mol. The first-order valence-corrected chi connectivity index (χ1v) is 5.96. The molecule has 0 saturated carbocycles. The molecule has 20 heavy (non-hydrogen) atoms. The molecule has 0 bridgehead atoms. The van der Waals surface area contributed by atoms with Crippen LogP contribution in [0.1, 0.15) is 28.9 Å². The molecule has 1 aromatic rings. The minimum atomic E-state index is -1.20. The van der Waals surface area contributed by atoms with Crippen LogP contribution in [0, 0.1) is 6.92 Å². The Morgan fingerprint density at radius 2 is 2.15 bits per heavy atom. The van der Waals surface area contributed by atoms with Crippen molar-refractivity contribution in [3.8, 4) is 0 Å². The van der Waals surface area contributed by atoms with Crippen LogP contribution in [0.25, 0.3) is 0 Å². The highest BCUT2D eigenvalue weighted by molar-refractivity contribution is 5.97. The van der Waals surface area contributed by atoms with E-state index in [0.29, 0.717) is 11.3 Å². The highest BCUT2D eigenvalue weighted by Crippen LogP contribution is 2.07. The zero-order valence-electron chi connectivity index (χ0n) is 11.5. The molecule has 8 nitrogen and oxygen atoms in total. The number of rotatable bonds is 6. The van der Waals surface area contributed by atoms with E-state index in [1.165, 1.54) is 18.0 Å². The van der Waals surface area contributed by atoms with Gasteiger partial charge in [-0.1, -0.05) is 0 Å². The molecular formula is C12H17N3O5. The number of nitrogens with zero attached hydrogens (tertiary/aromatic N) is 2. The van der Waals surface area contributed by atoms with Crippen molar-refractivity contribution in [1.82, 2.24) is 15.1 Å². The molecule has 110 valence electrons. The summed E-state index contributed by atoms with van der Waals surface area (Å²) in [7, 11) is 2.90. The highest BCUT2D eigenvalue weighted by atomic mass is 16.5. The summed E-state index contributed by atoms with van der Waals surface area (Å²) in [5, 5.41) is 15.3. The van der Waals surface area contributed by atoms with Gasteiger partial charge >= 0.3 is 11.9 Å². The molecule has 0 spiro atoms. The Hall–Kier alpha value is -2.38. The molecule has 0 fully saturated rings. The van der Waals surface area contributed by atoms with Gasteiger partial charge in [-0.2, -0.15) is 5.10 Å². The molecule has 1 rings (SSSR count). The summed E-state index contributed by atoms with van der Waals surface area (Å²) in [5.74, 6) is -2.26. The minimum Gasteiger partial charge on any atom is -0.480 e. The number of amides is 1. The maximum absolute atomic E-state index is 12.0. The molecule has 1 aromatic heterocycles. The van der Waals surface area contributed by atoms with Crippen molar-refractivity contribution >= 4 is 17.8 Å². The number of carboxylic acids is 1. The van der Waals surface area contributed by atoms with Gasteiger partial charge in [0.15, 0.2) is 0 Å². The van der Waals surface area contributed by atoms with Gasteiger partial charge in [-0.15, -0.1) is 0 Å². The van der Waals surface area contributed by atoms with Gasteiger partial charge in [0, 0.05) is 19.2 Å². The van der Waals surface area contributed by atoms with Gasteiger partial charge in [0.2, 0.25) is 0 Å². The van der Waals surface area contributed by atoms with Crippen LogP contribution in [0.2, 0.25) is 0 Å². The van der Waals surface area contributed by atoms with E-state index in [-0.39, 0.29) is 12.8 Å². The summed E-state index contributed by atoms with van der Waals surface area (Å²) in [6.07, 6.45) is 1.25. The number of hydrogen-bond acceptors (Lipinski definition) is 5. The number of esters is 1. The van der Waals surface area contributed by atoms with Crippen LogP contribution in [-0.4, -0.2) is 45.9 Å². The molecule has 0 aromatic carbocycles. The molecule has 1 amide bonds. The fourth-order valence-corrected chi connectivity index (χ4v) is 1.58. The lowest BCUT2D eigenvalue weighted by molar-refractivity contribution is -0.142. The molecule has 1 heterocycles. The number of aromatic nitrogens is 2. The molecule has 1 atom stereocenters. The first kappa shape index (κ1) is 15.7. The van der Waals surface area contributed by atoms with Crippen molar-refractivity contribution in [1.29, 1.82) is 0 Å². The minimum absolute atomic E-state index is 0.0347. The zero-order chi connectivity index (χ0) is 15.3. The van der Waals surface area contributed by atoms with Gasteiger partial charge in [0.1, 0.15) is 6.04 Å². The number of hydrogen-bond donors (Lipinski definition) is 2. The summed E-state index contributed by atoms with van der Waals surface area (Å²) < 4.78 is 5.95. The molecule has 0 saturated heterocycles. The second-order valence-corrected chi connectivity index (χ2v) is 4.25. The first-order valence-electron chi connectivity index (χ1n) is 5.96. The van der Waals surface area contributed by atoms with Crippen LogP contribution >= 0.6 is 0 Å². The van der Waals surface area contributed by atoms with Gasteiger partial charge < -0.3 is 15.2 Å². The van der Waals surface area contributed by atoms with E-state index in [9.17, 15) is 14.4 Å². The van der Waals surface area contributed by atoms with Crippen molar-refractivity contribution in [2.24, 2.45) is 7.05 Å². The highest BCUT2D eigenvalue weighted by Gasteiger charge is 2.23. The Morgan fingerprint density at radius 1 is 1.50 bits per heavy atom. The Morgan fingerprint density at radius 3 is 2.60 bits per heavy atom. The van der Waals surface area contributed by atoms with Gasteiger partial charge in [-0.05, 0) is 13.3 Å². The number of carboxylic acid groups (broad SMARTS) is 1. The number of nitrogens with one attached hydrogen (secondary N) is 1. The zero-order valence-corrected chi connectivity index (χ0v) is 11.5. The van der Waals surface area contributed by atoms with Crippen molar-refractivity contribution in [3.63, 3.8) is 0 Å². The van der Waals surface area contributed by atoms with Crippen LogP contribution in [0.4, 0.5) is 0 Å². The quantitative estimate of drug-likeness (QED) is 0.703. The lowest BCUT2D eigenvalue weighted by atomic mass is 10.1. The number of methoxy groups -OCH3 is 1. The van der Waals surface area contributed by atoms with E-state index < -0.39 is 23.9 Å². The fourth-order valence-electron chi connectivity index (χ4n) is 1.58. The van der Waals surface area contributed by atoms with Crippen LogP contribution in [0.3, 0.4) is 0 Å². The monoisotopic (exact) mass is 283 g/mol. The fraction of sp³-hybridized carbons (Fsp3) is 0.500. The van der Waals surface area contributed by atoms with Crippen molar-refractivity contribution in [3.05, 3.63) is 17.5 Å². The van der Waals surface area contributed by atoms with Crippen molar-refractivity contribution in [2.75, 3.05) is 7.11 Å². The normalized spacial score (nSPS) is 11.8. The predicted octanol–water partition coefficient (Wildman–Crippen LogP) is -0.135. The molecule has 0 aliphatic heterocycles. The molecule has 0 aliphatic carbocycles. The van der Waals surface area contributed by atoms with Crippen LogP contribution < -0.4 is 5.32 Å². The summed E-state index contributed by atoms with van der Waals surface area (Å²) in [6.45, 7) is 1.70. The Labute approximate surface area is 115 Å². The average molecular weight is 283 g/mol. The van der Waals surface area contributed by atoms with E-state index in [2.05, 4.69) is 15.2 Å². The maximum atomic E-state index is 12.0.